The lowest BCUT2D eigenvalue weighted by Gasteiger charge is -2.35. The van der Waals surface area contributed by atoms with Crippen molar-refractivity contribution < 1.29 is 4.74 Å². The van der Waals surface area contributed by atoms with Crippen LogP contribution in [0.25, 0.3) is 0 Å². The second-order valence-electron chi connectivity index (χ2n) is 4.95. The minimum atomic E-state index is 0.562. The maximum absolute atomic E-state index is 5.25. The van der Waals surface area contributed by atoms with Crippen molar-refractivity contribution in [3.05, 3.63) is 0 Å². The number of nitrogens with zero attached hydrogens (tertiary/aromatic N) is 2. The van der Waals surface area contributed by atoms with E-state index in [2.05, 4.69) is 23.6 Å². The average molecular weight is 198 g/mol. The van der Waals surface area contributed by atoms with E-state index in [0.717, 1.165) is 19.1 Å². The van der Waals surface area contributed by atoms with Gasteiger partial charge in [0.1, 0.15) is 0 Å². The van der Waals surface area contributed by atoms with Crippen LogP contribution < -0.4 is 0 Å². The maximum atomic E-state index is 5.25. The lowest BCUT2D eigenvalue weighted by molar-refractivity contribution is 0.116. The summed E-state index contributed by atoms with van der Waals surface area (Å²) in [6, 6.07) is 0. The largest absolute Gasteiger partial charge is 0.372 e. The van der Waals surface area contributed by atoms with Gasteiger partial charge >= 0.3 is 0 Å². The summed E-state index contributed by atoms with van der Waals surface area (Å²) in [5, 5.41) is 0. The molecule has 2 aliphatic rings. The van der Waals surface area contributed by atoms with E-state index in [1.807, 2.05) is 0 Å². The van der Waals surface area contributed by atoms with Gasteiger partial charge in [-0.15, -0.1) is 0 Å². The number of piperazine rings is 1. The van der Waals surface area contributed by atoms with Gasteiger partial charge in [-0.3, -0.25) is 4.90 Å². The van der Waals surface area contributed by atoms with Gasteiger partial charge in [-0.2, -0.15) is 0 Å². The zero-order valence-electron chi connectivity index (χ0n) is 9.41. The van der Waals surface area contributed by atoms with Crippen LogP contribution in [-0.2, 0) is 4.74 Å². The number of epoxide rings is 1. The number of hydrogen-bond acceptors (Lipinski definition) is 3. The zero-order chi connectivity index (χ0) is 9.97. The van der Waals surface area contributed by atoms with Crippen LogP contribution in [0.1, 0.15) is 13.8 Å². The highest BCUT2D eigenvalue weighted by molar-refractivity contribution is 4.79. The van der Waals surface area contributed by atoms with Crippen molar-refractivity contribution in [2.45, 2.75) is 20.0 Å². The van der Waals surface area contributed by atoms with Gasteiger partial charge in [-0.25, -0.2) is 0 Å². The Hall–Kier alpha value is -0.120. The van der Waals surface area contributed by atoms with Crippen molar-refractivity contribution >= 4 is 0 Å². The van der Waals surface area contributed by atoms with Crippen molar-refractivity contribution in [1.29, 1.82) is 0 Å². The molecule has 0 aliphatic carbocycles. The highest BCUT2D eigenvalue weighted by Gasteiger charge is 2.27. The maximum Gasteiger partial charge on any atom is 0.0936 e. The molecular formula is C11H22N2O. The van der Waals surface area contributed by atoms with E-state index in [1.54, 1.807) is 0 Å². The van der Waals surface area contributed by atoms with Gasteiger partial charge in [0, 0.05) is 39.3 Å². The van der Waals surface area contributed by atoms with Crippen LogP contribution in [0.15, 0.2) is 0 Å². The predicted molar refractivity (Wildman–Crippen MR) is 57.5 cm³/mol. The summed E-state index contributed by atoms with van der Waals surface area (Å²) in [4.78, 5) is 5.11. The Morgan fingerprint density at radius 3 is 2.21 bits per heavy atom. The molecule has 0 saturated carbocycles. The molecule has 3 nitrogen and oxygen atoms in total. The van der Waals surface area contributed by atoms with Gasteiger partial charge in [0.05, 0.1) is 12.7 Å². The van der Waals surface area contributed by atoms with Crippen LogP contribution in [0.5, 0.6) is 0 Å². The third-order valence-corrected chi connectivity index (χ3v) is 2.95. The lowest BCUT2D eigenvalue weighted by atomic mass is 10.2. The molecule has 0 amide bonds. The molecule has 1 atom stereocenters. The first-order valence-corrected chi connectivity index (χ1v) is 5.80. The molecule has 0 aromatic heterocycles. The lowest BCUT2D eigenvalue weighted by Crippen LogP contribution is -2.48. The first-order valence-electron chi connectivity index (χ1n) is 5.80. The van der Waals surface area contributed by atoms with Crippen LogP contribution in [0.3, 0.4) is 0 Å². The van der Waals surface area contributed by atoms with E-state index in [1.165, 1.54) is 32.7 Å². The van der Waals surface area contributed by atoms with E-state index in [9.17, 15) is 0 Å². The standard InChI is InChI=1S/C11H22N2O/c1-10(2)7-12-3-5-13(6-4-12)8-11-9-14-11/h10-11H,3-9H2,1-2H3. The minimum absolute atomic E-state index is 0.562. The Labute approximate surface area is 87.0 Å². The van der Waals surface area contributed by atoms with Crippen LogP contribution >= 0.6 is 0 Å². The fraction of sp³-hybridized carbons (Fsp3) is 1.00. The molecule has 2 saturated heterocycles. The van der Waals surface area contributed by atoms with E-state index in [-0.39, 0.29) is 0 Å². The van der Waals surface area contributed by atoms with Gasteiger partial charge < -0.3 is 9.64 Å². The summed E-state index contributed by atoms with van der Waals surface area (Å²) in [6.07, 6.45) is 0.562. The van der Waals surface area contributed by atoms with Crippen molar-refractivity contribution in [2.75, 3.05) is 45.9 Å². The summed E-state index contributed by atoms with van der Waals surface area (Å²) < 4.78 is 5.25. The van der Waals surface area contributed by atoms with Crippen LogP contribution in [0.4, 0.5) is 0 Å². The molecular weight excluding hydrogens is 176 g/mol. The van der Waals surface area contributed by atoms with Crippen LogP contribution in [0, 0.1) is 5.92 Å². The molecule has 0 aromatic carbocycles. The third-order valence-electron chi connectivity index (χ3n) is 2.95. The molecule has 2 rings (SSSR count). The van der Waals surface area contributed by atoms with E-state index in [0.29, 0.717) is 6.10 Å². The SMILES string of the molecule is CC(C)CN1CCN(CC2CO2)CC1. The molecule has 3 heteroatoms. The highest BCUT2D eigenvalue weighted by atomic mass is 16.6. The summed E-state index contributed by atoms with van der Waals surface area (Å²) in [6.45, 7) is 12.9. The summed E-state index contributed by atoms with van der Waals surface area (Å²) >= 11 is 0. The first-order chi connectivity index (χ1) is 6.74. The van der Waals surface area contributed by atoms with E-state index < -0.39 is 0 Å². The quantitative estimate of drug-likeness (QED) is 0.618. The molecule has 1 unspecified atom stereocenters. The first kappa shape index (κ1) is 10.4. The van der Waals surface area contributed by atoms with Crippen molar-refractivity contribution in [1.82, 2.24) is 9.80 Å². The topological polar surface area (TPSA) is 19.0 Å². The Morgan fingerprint density at radius 2 is 1.71 bits per heavy atom. The second-order valence-corrected chi connectivity index (χ2v) is 4.95. The summed E-state index contributed by atoms with van der Waals surface area (Å²) in [7, 11) is 0. The fourth-order valence-corrected chi connectivity index (χ4v) is 2.13. The van der Waals surface area contributed by atoms with Crippen molar-refractivity contribution in [3.8, 4) is 0 Å². The average Bonchev–Trinajstić information content (AvgIpc) is 2.91. The van der Waals surface area contributed by atoms with Crippen molar-refractivity contribution in [3.63, 3.8) is 0 Å². The Balaban J connectivity index is 1.63. The Morgan fingerprint density at radius 1 is 1.14 bits per heavy atom. The van der Waals surface area contributed by atoms with Crippen LogP contribution in [0.2, 0.25) is 0 Å². The smallest absolute Gasteiger partial charge is 0.0936 e. The van der Waals surface area contributed by atoms with Gasteiger partial charge in [0.25, 0.3) is 0 Å². The molecule has 82 valence electrons. The van der Waals surface area contributed by atoms with E-state index in [4.69, 9.17) is 4.74 Å². The van der Waals surface area contributed by atoms with E-state index >= 15 is 0 Å². The summed E-state index contributed by atoms with van der Waals surface area (Å²) in [5.74, 6) is 0.799. The van der Waals surface area contributed by atoms with Gasteiger partial charge in [0.15, 0.2) is 0 Å². The zero-order valence-corrected chi connectivity index (χ0v) is 9.41. The Kier molecular flexibility index (Phi) is 3.42. The molecule has 0 aromatic rings. The number of ether oxygens (including phenoxy) is 1. The number of rotatable bonds is 4. The molecule has 0 radical (unpaired) electrons. The van der Waals surface area contributed by atoms with Gasteiger partial charge in [0.2, 0.25) is 0 Å². The van der Waals surface area contributed by atoms with Gasteiger partial charge in [-0.05, 0) is 5.92 Å². The monoisotopic (exact) mass is 198 g/mol. The molecule has 14 heavy (non-hydrogen) atoms. The molecule has 2 heterocycles. The Bertz CT molecular complexity index is 160. The minimum Gasteiger partial charge on any atom is -0.372 e. The fourth-order valence-electron chi connectivity index (χ4n) is 2.13. The third kappa shape index (κ3) is 3.23. The second kappa shape index (κ2) is 4.60. The molecule has 0 N–H and O–H groups in total. The number of hydrogen-bond donors (Lipinski definition) is 0. The van der Waals surface area contributed by atoms with Crippen LogP contribution in [-0.4, -0.2) is 61.8 Å². The molecule has 2 aliphatic heterocycles. The molecule has 0 spiro atoms. The summed E-state index contributed by atoms with van der Waals surface area (Å²) in [5.41, 5.74) is 0. The normalized spacial score (nSPS) is 29.8. The molecule has 2 fully saturated rings. The highest BCUT2D eigenvalue weighted by Crippen LogP contribution is 2.12. The predicted octanol–water partition coefficient (Wildman–Crippen LogP) is 0.659. The van der Waals surface area contributed by atoms with Crippen molar-refractivity contribution in [2.24, 2.45) is 5.92 Å². The molecule has 0 bridgehead atoms. The van der Waals surface area contributed by atoms with Gasteiger partial charge in [-0.1, -0.05) is 13.8 Å².